The predicted molar refractivity (Wildman–Crippen MR) is 62.2 cm³/mol. The van der Waals surface area contributed by atoms with Crippen LogP contribution in [0.3, 0.4) is 0 Å². The van der Waals surface area contributed by atoms with E-state index >= 15 is 0 Å². The number of alkyl halides is 3. The molecule has 1 rings (SSSR count). The number of nitro groups is 1. The van der Waals surface area contributed by atoms with Gasteiger partial charge >= 0.3 is 11.9 Å². The molecule has 0 radical (unpaired) electrons. The number of benzene rings is 1. The molecule has 10 heteroatoms. The lowest BCUT2D eigenvalue weighted by molar-refractivity contribution is -0.386. The van der Waals surface area contributed by atoms with Crippen LogP contribution in [0.4, 0.5) is 23.2 Å². The Balaban J connectivity index is 2.78. The number of nitrogens with one attached hydrogen (secondary N) is 1. The van der Waals surface area contributed by atoms with Crippen molar-refractivity contribution >= 4 is 11.6 Å². The number of carbonyl (C=O) groups is 1. The second-order valence-electron chi connectivity index (χ2n) is 3.96. The minimum atomic E-state index is -4.60. The SMILES string of the molecule is CC(Oc1cc(F)ccc1[N+](=O)[O-])C(=O)NCC(F)(F)F. The van der Waals surface area contributed by atoms with Gasteiger partial charge in [-0.2, -0.15) is 13.2 Å². The number of carbonyl (C=O) groups excluding carboxylic acids is 1. The molecule has 1 amide bonds. The van der Waals surface area contributed by atoms with Gasteiger partial charge in [-0.05, 0) is 13.0 Å². The Hall–Kier alpha value is -2.39. The molecule has 0 aliphatic rings. The molecule has 0 heterocycles. The Bertz CT molecular complexity index is 548. The van der Waals surface area contributed by atoms with Crippen molar-refractivity contribution in [1.29, 1.82) is 0 Å². The Kier molecular flexibility index (Phi) is 5.06. The first-order valence-electron chi connectivity index (χ1n) is 5.55. The molecule has 0 bridgehead atoms. The largest absolute Gasteiger partial charge is 0.474 e. The van der Waals surface area contributed by atoms with E-state index in [-0.39, 0.29) is 0 Å². The van der Waals surface area contributed by atoms with Crippen LogP contribution < -0.4 is 10.1 Å². The molecule has 1 N–H and O–H groups in total. The number of ether oxygens (including phenoxy) is 1. The summed E-state index contributed by atoms with van der Waals surface area (Å²) in [5.74, 6) is -2.53. The summed E-state index contributed by atoms with van der Waals surface area (Å²) in [6.45, 7) is -0.481. The smallest absolute Gasteiger partial charge is 0.405 e. The summed E-state index contributed by atoms with van der Waals surface area (Å²) < 4.78 is 53.7. The monoisotopic (exact) mass is 310 g/mol. The molecule has 1 aromatic rings. The van der Waals surface area contributed by atoms with Gasteiger partial charge in [-0.1, -0.05) is 0 Å². The van der Waals surface area contributed by atoms with Crippen LogP contribution in [0.25, 0.3) is 0 Å². The Labute approximate surface area is 115 Å². The maximum Gasteiger partial charge on any atom is 0.405 e. The summed E-state index contributed by atoms with van der Waals surface area (Å²) in [6, 6.07) is 2.32. The van der Waals surface area contributed by atoms with Crippen molar-refractivity contribution in [2.24, 2.45) is 0 Å². The van der Waals surface area contributed by atoms with E-state index in [0.717, 1.165) is 19.1 Å². The van der Waals surface area contributed by atoms with E-state index in [1.807, 2.05) is 0 Å². The summed E-state index contributed by atoms with van der Waals surface area (Å²) >= 11 is 0. The van der Waals surface area contributed by atoms with Crippen LogP contribution in [0.1, 0.15) is 6.92 Å². The summed E-state index contributed by atoms with van der Waals surface area (Å²) in [6.07, 6.45) is -6.06. The van der Waals surface area contributed by atoms with Crippen LogP contribution in [0.15, 0.2) is 18.2 Å². The Morgan fingerprint density at radius 3 is 2.62 bits per heavy atom. The van der Waals surface area contributed by atoms with Crippen LogP contribution in [-0.4, -0.2) is 29.7 Å². The Morgan fingerprint density at radius 2 is 2.10 bits per heavy atom. The van der Waals surface area contributed by atoms with Gasteiger partial charge < -0.3 is 10.1 Å². The average molecular weight is 310 g/mol. The fraction of sp³-hybridized carbons (Fsp3) is 0.364. The average Bonchev–Trinajstić information content (AvgIpc) is 2.34. The van der Waals surface area contributed by atoms with Crippen LogP contribution in [0.2, 0.25) is 0 Å². The van der Waals surface area contributed by atoms with Gasteiger partial charge in [0.05, 0.1) is 4.92 Å². The van der Waals surface area contributed by atoms with E-state index in [2.05, 4.69) is 0 Å². The molecular formula is C11H10F4N2O4. The van der Waals surface area contributed by atoms with Crippen LogP contribution >= 0.6 is 0 Å². The molecule has 0 aliphatic carbocycles. The van der Waals surface area contributed by atoms with Crippen LogP contribution in [0.5, 0.6) is 5.75 Å². The first kappa shape index (κ1) is 16.7. The van der Waals surface area contributed by atoms with Crippen molar-refractivity contribution < 1.29 is 32.0 Å². The van der Waals surface area contributed by atoms with E-state index in [9.17, 15) is 32.5 Å². The standard InChI is InChI=1S/C11H10F4N2O4/c1-6(10(18)16-5-11(13,14)15)21-9-4-7(12)2-3-8(9)17(19)20/h2-4,6H,5H2,1H3,(H,16,18). The first-order valence-corrected chi connectivity index (χ1v) is 5.55. The number of rotatable bonds is 5. The van der Waals surface area contributed by atoms with Crippen molar-refractivity contribution in [2.45, 2.75) is 19.2 Å². The zero-order valence-corrected chi connectivity index (χ0v) is 10.6. The highest BCUT2D eigenvalue weighted by Crippen LogP contribution is 2.28. The molecule has 0 aromatic heterocycles. The van der Waals surface area contributed by atoms with E-state index in [4.69, 9.17) is 4.74 Å². The fourth-order valence-electron chi connectivity index (χ4n) is 1.31. The van der Waals surface area contributed by atoms with Gasteiger partial charge in [0, 0.05) is 12.1 Å². The van der Waals surface area contributed by atoms with Gasteiger partial charge in [-0.3, -0.25) is 14.9 Å². The van der Waals surface area contributed by atoms with E-state index in [0.29, 0.717) is 6.07 Å². The molecule has 116 valence electrons. The summed E-state index contributed by atoms with van der Waals surface area (Å²) in [4.78, 5) is 21.2. The van der Waals surface area contributed by atoms with Crippen LogP contribution in [0, 0.1) is 15.9 Å². The number of halogens is 4. The van der Waals surface area contributed by atoms with Gasteiger partial charge in [-0.15, -0.1) is 0 Å². The fourth-order valence-corrected chi connectivity index (χ4v) is 1.31. The third-order valence-corrected chi connectivity index (χ3v) is 2.25. The number of hydrogen-bond donors (Lipinski definition) is 1. The lowest BCUT2D eigenvalue weighted by Crippen LogP contribution is -2.41. The van der Waals surface area contributed by atoms with Crippen LogP contribution in [-0.2, 0) is 4.79 Å². The number of hydrogen-bond acceptors (Lipinski definition) is 4. The second-order valence-corrected chi connectivity index (χ2v) is 3.96. The molecule has 0 aliphatic heterocycles. The lowest BCUT2D eigenvalue weighted by atomic mass is 10.2. The van der Waals surface area contributed by atoms with E-state index in [1.165, 1.54) is 0 Å². The minimum absolute atomic E-state index is 0.547. The van der Waals surface area contributed by atoms with Gasteiger partial charge in [0.15, 0.2) is 6.10 Å². The molecule has 6 nitrogen and oxygen atoms in total. The number of nitrogens with zero attached hydrogens (tertiary/aromatic N) is 1. The highest BCUT2D eigenvalue weighted by Gasteiger charge is 2.29. The molecule has 21 heavy (non-hydrogen) atoms. The summed E-state index contributed by atoms with van der Waals surface area (Å²) in [5.41, 5.74) is -0.605. The predicted octanol–water partition coefficient (Wildman–Crippen LogP) is 2.18. The highest BCUT2D eigenvalue weighted by molar-refractivity contribution is 5.80. The topological polar surface area (TPSA) is 81.5 Å². The zero-order valence-electron chi connectivity index (χ0n) is 10.6. The maximum atomic E-state index is 13.0. The van der Waals surface area contributed by atoms with Crippen molar-refractivity contribution in [1.82, 2.24) is 5.32 Å². The van der Waals surface area contributed by atoms with Crippen molar-refractivity contribution in [3.8, 4) is 5.75 Å². The summed E-state index contributed by atoms with van der Waals surface area (Å²) in [5, 5.41) is 12.2. The molecule has 0 fully saturated rings. The van der Waals surface area contributed by atoms with Gasteiger partial charge in [0.2, 0.25) is 5.75 Å². The minimum Gasteiger partial charge on any atom is -0.474 e. The number of nitro benzene ring substituents is 1. The molecule has 1 unspecified atom stereocenters. The zero-order chi connectivity index (χ0) is 16.2. The van der Waals surface area contributed by atoms with E-state index in [1.54, 1.807) is 5.32 Å². The van der Waals surface area contributed by atoms with Crippen molar-refractivity contribution in [3.05, 3.63) is 34.1 Å². The highest BCUT2D eigenvalue weighted by atomic mass is 19.4. The van der Waals surface area contributed by atoms with Gasteiger partial charge in [0.25, 0.3) is 5.91 Å². The first-order chi connectivity index (χ1) is 9.60. The molecule has 0 saturated carbocycles. The third kappa shape index (κ3) is 5.24. The lowest BCUT2D eigenvalue weighted by Gasteiger charge is -2.15. The molecule has 1 aromatic carbocycles. The number of amides is 1. The third-order valence-electron chi connectivity index (χ3n) is 2.25. The second kappa shape index (κ2) is 6.37. The maximum absolute atomic E-state index is 13.0. The van der Waals surface area contributed by atoms with E-state index < -0.39 is 46.9 Å². The molecular weight excluding hydrogens is 300 g/mol. The van der Waals surface area contributed by atoms with Crippen molar-refractivity contribution in [2.75, 3.05) is 6.54 Å². The van der Waals surface area contributed by atoms with Gasteiger partial charge in [0.1, 0.15) is 12.4 Å². The van der Waals surface area contributed by atoms with Gasteiger partial charge in [-0.25, -0.2) is 4.39 Å². The summed E-state index contributed by atoms with van der Waals surface area (Å²) in [7, 11) is 0. The molecule has 0 saturated heterocycles. The molecule has 0 spiro atoms. The quantitative estimate of drug-likeness (QED) is 0.513. The normalized spacial score (nSPS) is 12.6. The van der Waals surface area contributed by atoms with Crippen molar-refractivity contribution in [3.63, 3.8) is 0 Å². The Morgan fingerprint density at radius 1 is 1.48 bits per heavy atom. The molecule has 1 atom stereocenters.